The molecule has 1 fully saturated rings. The van der Waals surface area contributed by atoms with Gasteiger partial charge in [0.15, 0.2) is 17.3 Å². The predicted octanol–water partition coefficient (Wildman–Crippen LogP) is 3.72. The van der Waals surface area contributed by atoms with Crippen LogP contribution in [0.15, 0.2) is 60.0 Å². The van der Waals surface area contributed by atoms with Crippen LogP contribution in [-0.4, -0.2) is 31.1 Å². The fraction of sp³-hybridized carbons (Fsp3) is 0.250. The highest BCUT2D eigenvalue weighted by Crippen LogP contribution is 2.42. The van der Waals surface area contributed by atoms with Gasteiger partial charge in [0.2, 0.25) is 5.03 Å². The van der Waals surface area contributed by atoms with Crippen LogP contribution in [0.25, 0.3) is 0 Å². The van der Waals surface area contributed by atoms with E-state index in [1.54, 1.807) is 19.2 Å². The van der Waals surface area contributed by atoms with Gasteiger partial charge in [-0.05, 0) is 23.8 Å². The van der Waals surface area contributed by atoms with Crippen LogP contribution in [-0.2, 0) is 17.1 Å². The average Bonchev–Trinajstić information content (AvgIpc) is 3.33. The molecule has 0 spiro atoms. The van der Waals surface area contributed by atoms with Crippen LogP contribution in [0.4, 0.5) is 18.9 Å². The molecule has 0 N–H and O–H groups in total. The highest BCUT2D eigenvalue weighted by atomic mass is 32.2. The summed E-state index contributed by atoms with van der Waals surface area (Å²) in [6.07, 6.45) is 3.25. The van der Waals surface area contributed by atoms with Gasteiger partial charge in [-0.2, -0.15) is 12.3 Å². The number of benzene rings is 2. The number of aromatic nitrogens is 2. The summed E-state index contributed by atoms with van der Waals surface area (Å²) < 4.78 is 69.0. The zero-order valence-corrected chi connectivity index (χ0v) is 16.4. The van der Waals surface area contributed by atoms with E-state index >= 15 is 0 Å². The van der Waals surface area contributed by atoms with Crippen molar-refractivity contribution in [3.8, 4) is 0 Å². The highest BCUT2D eigenvalue weighted by molar-refractivity contribution is 7.90. The summed E-state index contributed by atoms with van der Waals surface area (Å²) in [7, 11) is -2.42. The van der Waals surface area contributed by atoms with Gasteiger partial charge in [0.25, 0.3) is 0 Å². The van der Waals surface area contributed by atoms with E-state index in [9.17, 15) is 21.6 Å². The van der Waals surface area contributed by atoms with Gasteiger partial charge in [-0.1, -0.05) is 12.1 Å². The molecule has 5 nitrogen and oxygen atoms in total. The second-order valence-corrected chi connectivity index (χ2v) is 9.35. The second kappa shape index (κ2) is 7.00. The number of nitrogens with zero attached hydrogens (tertiary/aromatic N) is 3. The zero-order chi connectivity index (χ0) is 20.8. The maximum Gasteiger partial charge on any atom is 0.351 e. The number of halogens is 3. The Kier molecular flexibility index (Phi) is 4.74. The van der Waals surface area contributed by atoms with Crippen molar-refractivity contribution in [1.82, 2.24) is 13.4 Å². The molecule has 0 aliphatic carbocycles. The summed E-state index contributed by atoms with van der Waals surface area (Å²) in [5.74, 6) is -2.73. The molecule has 2 atom stereocenters. The van der Waals surface area contributed by atoms with E-state index in [-0.39, 0.29) is 35.5 Å². The van der Waals surface area contributed by atoms with Crippen LogP contribution in [0.5, 0.6) is 0 Å². The Morgan fingerprint density at radius 2 is 1.79 bits per heavy atom. The summed E-state index contributed by atoms with van der Waals surface area (Å²) in [4.78, 5) is 3.99. The molecule has 0 unspecified atom stereocenters. The fourth-order valence-electron chi connectivity index (χ4n) is 3.94. The van der Waals surface area contributed by atoms with Gasteiger partial charge in [-0.3, -0.25) is 0 Å². The molecule has 1 aliphatic heterocycles. The summed E-state index contributed by atoms with van der Waals surface area (Å²) in [5, 5.41) is -0.135. The molecule has 9 heteroatoms. The Bertz CT molecular complexity index is 1160. The molecular weight excluding hydrogens is 403 g/mol. The third kappa shape index (κ3) is 3.24. The normalized spacial score (nSPS) is 22.1. The van der Waals surface area contributed by atoms with Gasteiger partial charge in [-0.15, -0.1) is 0 Å². The molecule has 4 rings (SSSR count). The molecule has 0 radical (unpaired) electrons. The lowest BCUT2D eigenvalue weighted by atomic mass is 9.99. The molecule has 2 aromatic carbocycles. The Hall–Kier alpha value is -2.65. The zero-order valence-electron chi connectivity index (χ0n) is 15.6. The van der Waals surface area contributed by atoms with Crippen LogP contribution in [0, 0.1) is 17.5 Å². The van der Waals surface area contributed by atoms with Crippen molar-refractivity contribution in [2.24, 2.45) is 7.05 Å². The van der Waals surface area contributed by atoms with E-state index in [2.05, 4.69) is 4.98 Å². The van der Waals surface area contributed by atoms with Gasteiger partial charge < -0.3 is 4.57 Å². The van der Waals surface area contributed by atoms with Gasteiger partial charge in [0, 0.05) is 37.7 Å². The average molecular weight is 422 g/mol. The first-order chi connectivity index (χ1) is 13.7. The number of quaternary nitrogens is 1. The molecular formula is C20H19F3N3O2S+. The highest BCUT2D eigenvalue weighted by Gasteiger charge is 2.52. The van der Waals surface area contributed by atoms with E-state index in [1.165, 1.54) is 35.3 Å². The number of imidazole rings is 1. The van der Waals surface area contributed by atoms with Crippen molar-refractivity contribution in [2.75, 3.05) is 13.1 Å². The molecule has 152 valence electrons. The van der Waals surface area contributed by atoms with E-state index in [0.717, 1.165) is 17.7 Å². The van der Waals surface area contributed by atoms with Crippen molar-refractivity contribution in [3.05, 3.63) is 78.0 Å². The lowest BCUT2D eigenvalue weighted by Crippen LogP contribution is -2.52. The minimum absolute atomic E-state index is 0.107. The number of aryl methyl sites for hydroxylation is 1. The number of rotatable bonds is 4. The Morgan fingerprint density at radius 1 is 1.07 bits per heavy atom. The third-order valence-corrected chi connectivity index (χ3v) is 7.68. The molecule has 29 heavy (non-hydrogen) atoms. The van der Waals surface area contributed by atoms with Crippen molar-refractivity contribution >= 4 is 15.7 Å². The molecule has 1 aromatic heterocycles. The molecule has 3 aromatic rings. The largest absolute Gasteiger partial charge is 0.351 e. The SMILES string of the molecule is Cn1cnc(S(=O)(=O)[N@@+]2(c3ccc(F)c(F)c3)CC[C@H](c3ccc(F)cc3)C2)c1. The van der Waals surface area contributed by atoms with Crippen molar-refractivity contribution in [2.45, 2.75) is 17.4 Å². The van der Waals surface area contributed by atoms with Gasteiger partial charge in [0.1, 0.15) is 12.4 Å². The summed E-state index contributed by atoms with van der Waals surface area (Å²) in [6, 6.07) is 9.07. The van der Waals surface area contributed by atoms with Crippen molar-refractivity contribution in [1.29, 1.82) is 0 Å². The Labute approximate surface area is 166 Å². The lowest BCUT2D eigenvalue weighted by molar-refractivity contribution is 0.453. The van der Waals surface area contributed by atoms with E-state index in [1.807, 2.05) is 0 Å². The monoisotopic (exact) mass is 422 g/mol. The van der Waals surface area contributed by atoms with Crippen LogP contribution in [0.3, 0.4) is 0 Å². The number of hydrogen-bond donors (Lipinski definition) is 0. The molecule has 2 heterocycles. The Morgan fingerprint density at radius 3 is 2.41 bits per heavy atom. The molecule has 0 saturated carbocycles. The second-order valence-electron chi connectivity index (χ2n) is 7.28. The van der Waals surface area contributed by atoms with E-state index < -0.39 is 25.5 Å². The van der Waals surface area contributed by atoms with Crippen LogP contribution in [0.1, 0.15) is 17.9 Å². The van der Waals surface area contributed by atoms with Crippen LogP contribution >= 0.6 is 0 Å². The van der Waals surface area contributed by atoms with Crippen LogP contribution < -0.4 is 3.89 Å². The van der Waals surface area contributed by atoms with Gasteiger partial charge in [0.05, 0.1) is 12.9 Å². The van der Waals surface area contributed by atoms with E-state index in [4.69, 9.17) is 0 Å². The maximum atomic E-state index is 14.0. The number of sulfonamides is 1. The first kappa shape index (κ1) is 19.7. The number of hydrogen-bond acceptors (Lipinski definition) is 3. The van der Waals surface area contributed by atoms with E-state index in [0.29, 0.717) is 6.42 Å². The quantitative estimate of drug-likeness (QED) is 0.602. The first-order valence-electron chi connectivity index (χ1n) is 9.04. The summed E-state index contributed by atoms with van der Waals surface area (Å²) in [5.41, 5.74) is 0.935. The van der Waals surface area contributed by atoms with Gasteiger partial charge in [-0.25, -0.2) is 18.2 Å². The molecule has 0 bridgehead atoms. The maximum absolute atomic E-state index is 14.0. The van der Waals surface area contributed by atoms with Crippen molar-refractivity contribution in [3.63, 3.8) is 0 Å². The summed E-state index contributed by atoms with van der Waals surface area (Å²) >= 11 is 0. The van der Waals surface area contributed by atoms with Crippen molar-refractivity contribution < 1.29 is 21.6 Å². The molecule has 1 aliphatic rings. The first-order valence-corrected chi connectivity index (χ1v) is 10.5. The standard InChI is InChI=1S/C20H19F3N3O2S/c1-25-11-20(24-13-25)29(27,28)26(17-6-7-18(22)19(23)10-17)9-8-15(12-26)14-2-4-16(21)5-3-14/h2-7,10-11,13,15H,8-9,12H2,1H3/q+1/t15-,26-/m0/s1. The molecule has 0 amide bonds. The topological polar surface area (TPSA) is 52.0 Å². The molecule has 1 saturated heterocycles. The Balaban J connectivity index is 1.84. The minimum atomic E-state index is -4.07. The smallest absolute Gasteiger partial charge is 0.339 e. The fourth-order valence-corrected chi connectivity index (χ4v) is 5.89. The van der Waals surface area contributed by atoms with Gasteiger partial charge >= 0.3 is 10.0 Å². The minimum Gasteiger partial charge on any atom is -0.339 e. The summed E-state index contributed by atoms with van der Waals surface area (Å²) in [6.45, 7) is 0.266. The third-order valence-electron chi connectivity index (χ3n) is 5.47. The van der Waals surface area contributed by atoms with Crippen LogP contribution in [0.2, 0.25) is 0 Å². The lowest BCUT2D eigenvalue weighted by Gasteiger charge is -2.31. The predicted molar refractivity (Wildman–Crippen MR) is 102 cm³/mol.